The van der Waals surface area contributed by atoms with E-state index in [1.165, 1.54) is 25.7 Å². The van der Waals surface area contributed by atoms with Gasteiger partial charge in [-0.3, -0.25) is 5.43 Å². The number of nitrogens with zero attached hydrogens (tertiary/aromatic N) is 3. The quantitative estimate of drug-likeness (QED) is 0.470. The topological polar surface area (TPSA) is 86.0 Å². The molecule has 1 aliphatic rings. The predicted octanol–water partition coefficient (Wildman–Crippen LogP) is 2.23. The molecule has 1 fully saturated rings. The molecule has 6 nitrogen and oxygen atoms in total. The van der Waals surface area contributed by atoms with Crippen molar-refractivity contribution in [2.75, 3.05) is 11.2 Å². The van der Waals surface area contributed by atoms with Crippen molar-refractivity contribution in [3.8, 4) is 6.01 Å². The summed E-state index contributed by atoms with van der Waals surface area (Å²) in [5.41, 5.74) is 2.45. The van der Waals surface area contributed by atoms with Crippen molar-refractivity contribution in [3.63, 3.8) is 0 Å². The average Bonchev–Trinajstić information content (AvgIpc) is 2.88. The molecule has 7 heteroatoms. The smallest absolute Gasteiger partial charge is 0.322 e. The summed E-state index contributed by atoms with van der Waals surface area (Å²) in [7, 11) is 0. The fraction of sp³-hybridized carbons (Fsp3) is 0.750. The molecule has 0 atom stereocenters. The van der Waals surface area contributed by atoms with Crippen LogP contribution in [0.15, 0.2) is 5.16 Å². The molecular weight excluding hydrogens is 262 g/mol. The van der Waals surface area contributed by atoms with Gasteiger partial charge in [0.25, 0.3) is 0 Å². The largest absolute Gasteiger partial charge is 0.461 e. The SMILES string of the molecule is CC(C)Oc1nc(NN)nc(SCC2CCCC2)n1. The van der Waals surface area contributed by atoms with Gasteiger partial charge in [0.1, 0.15) is 0 Å². The average molecular weight is 283 g/mol. The van der Waals surface area contributed by atoms with E-state index in [9.17, 15) is 0 Å². The van der Waals surface area contributed by atoms with Gasteiger partial charge in [-0.2, -0.15) is 15.0 Å². The van der Waals surface area contributed by atoms with Crippen LogP contribution in [0, 0.1) is 5.92 Å². The van der Waals surface area contributed by atoms with Gasteiger partial charge in [0.15, 0.2) is 5.16 Å². The molecule has 0 aliphatic heterocycles. The number of anilines is 1. The first-order chi connectivity index (χ1) is 9.17. The van der Waals surface area contributed by atoms with Crippen molar-refractivity contribution in [1.29, 1.82) is 0 Å². The molecule has 1 aliphatic carbocycles. The van der Waals surface area contributed by atoms with Crippen LogP contribution in [-0.4, -0.2) is 26.8 Å². The molecule has 0 aromatic carbocycles. The number of nitrogen functional groups attached to an aromatic ring is 1. The fourth-order valence-corrected chi connectivity index (χ4v) is 3.11. The predicted molar refractivity (Wildman–Crippen MR) is 76.1 cm³/mol. The summed E-state index contributed by atoms with van der Waals surface area (Å²) in [6, 6.07) is 0.326. The zero-order chi connectivity index (χ0) is 13.7. The number of aromatic nitrogens is 3. The Morgan fingerprint density at radius 3 is 2.68 bits per heavy atom. The van der Waals surface area contributed by atoms with Crippen molar-refractivity contribution in [2.45, 2.75) is 50.8 Å². The minimum atomic E-state index is 0.0284. The lowest BCUT2D eigenvalue weighted by Gasteiger charge is -2.11. The van der Waals surface area contributed by atoms with E-state index < -0.39 is 0 Å². The highest BCUT2D eigenvalue weighted by Crippen LogP contribution is 2.30. The van der Waals surface area contributed by atoms with Crippen LogP contribution in [0.5, 0.6) is 6.01 Å². The van der Waals surface area contributed by atoms with Gasteiger partial charge in [0, 0.05) is 5.75 Å². The second-order valence-electron chi connectivity index (χ2n) is 5.00. The second-order valence-corrected chi connectivity index (χ2v) is 5.98. The molecule has 1 heterocycles. The molecule has 0 amide bonds. The lowest BCUT2D eigenvalue weighted by Crippen LogP contribution is -2.15. The van der Waals surface area contributed by atoms with Gasteiger partial charge in [-0.1, -0.05) is 24.6 Å². The summed E-state index contributed by atoms with van der Waals surface area (Å²) >= 11 is 1.65. The van der Waals surface area contributed by atoms with Crippen molar-refractivity contribution in [2.24, 2.45) is 11.8 Å². The summed E-state index contributed by atoms with van der Waals surface area (Å²) in [4.78, 5) is 12.6. The minimum Gasteiger partial charge on any atom is -0.461 e. The van der Waals surface area contributed by atoms with Crippen molar-refractivity contribution in [3.05, 3.63) is 0 Å². The molecule has 3 N–H and O–H groups in total. The molecule has 0 saturated heterocycles. The van der Waals surface area contributed by atoms with E-state index in [-0.39, 0.29) is 6.10 Å². The third-order valence-electron chi connectivity index (χ3n) is 2.99. The van der Waals surface area contributed by atoms with Crippen LogP contribution in [0.25, 0.3) is 0 Å². The Morgan fingerprint density at radius 1 is 1.32 bits per heavy atom. The Balaban J connectivity index is 2.00. The molecule has 1 aromatic heterocycles. The molecule has 2 rings (SSSR count). The molecule has 1 aromatic rings. The highest BCUT2D eigenvalue weighted by atomic mass is 32.2. The summed E-state index contributed by atoms with van der Waals surface area (Å²) in [5, 5.41) is 0.672. The van der Waals surface area contributed by atoms with Crippen molar-refractivity contribution in [1.82, 2.24) is 15.0 Å². The standard InChI is InChI=1S/C12H21N5OS/c1-8(2)18-11-14-10(17-13)15-12(16-11)19-7-9-5-3-4-6-9/h8-9H,3-7,13H2,1-2H3,(H,14,15,16,17). The van der Waals surface area contributed by atoms with E-state index in [1.54, 1.807) is 11.8 Å². The number of hydrogen-bond acceptors (Lipinski definition) is 7. The van der Waals surface area contributed by atoms with E-state index in [2.05, 4.69) is 20.4 Å². The monoisotopic (exact) mass is 283 g/mol. The van der Waals surface area contributed by atoms with E-state index >= 15 is 0 Å². The van der Waals surface area contributed by atoms with E-state index in [4.69, 9.17) is 10.6 Å². The number of nitrogens with two attached hydrogens (primary N) is 1. The molecule has 0 spiro atoms. The Morgan fingerprint density at radius 2 is 2.05 bits per heavy atom. The van der Waals surface area contributed by atoms with Crippen LogP contribution in [0.4, 0.5) is 5.95 Å². The molecule has 0 bridgehead atoms. The lowest BCUT2D eigenvalue weighted by atomic mass is 10.1. The van der Waals surface area contributed by atoms with Gasteiger partial charge in [-0.25, -0.2) is 5.84 Å². The Bertz CT molecular complexity index is 409. The molecule has 106 valence electrons. The van der Waals surface area contributed by atoms with Crippen LogP contribution < -0.4 is 16.0 Å². The number of rotatable bonds is 6. The van der Waals surface area contributed by atoms with Gasteiger partial charge < -0.3 is 4.74 Å². The third-order valence-corrected chi connectivity index (χ3v) is 4.07. The third kappa shape index (κ3) is 4.50. The first kappa shape index (κ1) is 14.3. The highest BCUT2D eigenvalue weighted by Gasteiger charge is 2.16. The summed E-state index contributed by atoms with van der Waals surface area (Å²) < 4.78 is 5.50. The molecule has 0 unspecified atom stereocenters. The molecule has 19 heavy (non-hydrogen) atoms. The molecule has 0 radical (unpaired) electrons. The molecule has 1 saturated carbocycles. The number of ether oxygens (including phenoxy) is 1. The van der Waals surface area contributed by atoms with Crippen molar-refractivity contribution < 1.29 is 4.74 Å². The number of thioether (sulfide) groups is 1. The summed E-state index contributed by atoms with van der Waals surface area (Å²) in [6.45, 7) is 3.87. The number of hydrazine groups is 1. The molecular formula is C12H21N5OS. The van der Waals surface area contributed by atoms with Crippen LogP contribution >= 0.6 is 11.8 Å². The van der Waals surface area contributed by atoms with Crippen LogP contribution in [0.2, 0.25) is 0 Å². The number of hydrogen-bond donors (Lipinski definition) is 2. The zero-order valence-corrected chi connectivity index (χ0v) is 12.2. The summed E-state index contributed by atoms with van der Waals surface area (Å²) in [6.07, 6.45) is 5.35. The Labute approximate surface area is 117 Å². The maximum Gasteiger partial charge on any atom is 0.322 e. The van der Waals surface area contributed by atoms with Gasteiger partial charge >= 0.3 is 6.01 Å². The number of nitrogens with one attached hydrogen (secondary N) is 1. The Hall–Kier alpha value is -1.08. The second kappa shape index (κ2) is 6.91. The lowest BCUT2D eigenvalue weighted by molar-refractivity contribution is 0.219. The first-order valence-electron chi connectivity index (χ1n) is 6.69. The maximum atomic E-state index is 5.50. The fourth-order valence-electron chi connectivity index (χ4n) is 2.10. The van der Waals surface area contributed by atoms with Gasteiger partial charge in [-0.05, 0) is 32.6 Å². The van der Waals surface area contributed by atoms with Gasteiger partial charge in [0.05, 0.1) is 6.10 Å². The van der Waals surface area contributed by atoms with Gasteiger partial charge in [0.2, 0.25) is 5.95 Å². The zero-order valence-electron chi connectivity index (χ0n) is 11.4. The van der Waals surface area contributed by atoms with Gasteiger partial charge in [-0.15, -0.1) is 0 Å². The van der Waals surface area contributed by atoms with Crippen LogP contribution in [0.3, 0.4) is 0 Å². The Kier molecular flexibility index (Phi) is 5.21. The summed E-state index contributed by atoms with van der Waals surface area (Å²) in [5.74, 6) is 7.55. The van der Waals surface area contributed by atoms with Crippen molar-refractivity contribution >= 4 is 17.7 Å². The van der Waals surface area contributed by atoms with E-state index in [0.717, 1.165) is 11.7 Å². The van der Waals surface area contributed by atoms with Crippen LogP contribution in [0.1, 0.15) is 39.5 Å². The minimum absolute atomic E-state index is 0.0284. The maximum absolute atomic E-state index is 5.50. The van der Waals surface area contributed by atoms with E-state index in [1.807, 2.05) is 13.8 Å². The van der Waals surface area contributed by atoms with Crippen LogP contribution in [-0.2, 0) is 0 Å². The normalized spacial score (nSPS) is 16.0. The highest BCUT2D eigenvalue weighted by molar-refractivity contribution is 7.99. The first-order valence-corrected chi connectivity index (χ1v) is 7.68. The van der Waals surface area contributed by atoms with E-state index in [0.29, 0.717) is 17.1 Å².